The fourth-order valence-corrected chi connectivity index (χ4v) is 2.45. The molecule has 0 unspecified atom stereocenters. The second kappa shape index (κ2) is 6.21. The summed E-state index contributed by atoms with van der Waals surface area (Å²) in [6, 6.07) is -0.173. The fourth-order valence-electron chi connectivity index (χ4n) is 2.45. The summed E-state index contributed by atoms with van der Waals surface area (Å²) in [5.74, 6) is -0.851. The highest BCUT2D eigenvalue weighted by Crippen LogP contribution is 2.30. The zero-order chi connectivity index (χ0) is 13.7. The van der Waals surface area contributed by atoms with Crippen LogP contribution in [0.2, 0.25) is 0 Å². The highest BCUT2D eigenvalue weighted by atomic mass is 16.5. The van der Waals surface area contributed by atoms with Crippen molar-refractivity contribution >= 4 is 12.0 Å². The zero-order valence-electron chi connectivity index (χ0n) is 11.0. The van der Waals surface area contributed by atoms with Gasteiger partial charge in [0.2, 0.25) is 0 Å². The number of aliphatic carboxylic acids is 1. The van der Waals surface area contributed by atoms with Crippen LogP contribution in [0.15, 0.2) is 0 Å². The summed E-state index contributed by atoms with van der Waals surface area (Å²) in [4.78, 5) is 25.1. The molecule has 0 aromatic heterocycles. The van der Waals surface area contributed by atoms with Crippen molar-refractivity contribution in [2.24, 2.45) is 5.41 Å². The van der Waals surface area contributed by atoms with Gasteiger partial charge in [-0.05, 0) is 12.8 Å². The van der Waals surface area contributed by atoms with E-state index in [0.717, 1.165) is 13.1 Å². The minimum absolute atomic E-state index is 0.173. The molecule has 0 bridgehead atoms. The molecule has 0 saturated carbocycles. The van der Waals surface area contributed by atoms with Crippen molar-refractivity contribution in [3.63, 3.8) is 0 Å². The van der Waals surface area contributed by atoms with Crippen LogP contribution in [0.1, 0.15) is 12.8 Å². The van der Waals surface area contributed by atoms with Gasteiger partial charge in [-0.15, -0.1) is 0 Å². The van der Waals surface area contributed by atoms with Crippen molar-refractivity contribution in [3.8, 4) is 0 Å². The van der Waals surface area contributed by atoms with E-state index in [-0.39, 0.29) is 12.6 Å². The van der Waals surface area contributed by atoms with Crippen LogP contribution in [-0.2, 0) is 9.53 Å². The Morgan fingerprint density at radius 3 is 2.47 bits per heavy atom. The third-order valence-electron chi connectivity index (χ3n) is 3.89. The van der Waals surface area contributed by atoms with E-state index >= 15 is 0 Å². The standard InChI is InChI=1S/C12H21N3O4/c16-10(17)12(1-7-19-8-2-12)9-14-11(18)15-5-3-13-4-6-15/h13H,1-9H2,(H,14,18)(H,16,17). The number of nitrogens with zero attached hydrogens (tertiary/aromatic N) is 1. The number of hydrogen-bond donors (Lipinski definition) is 3. The Hall–Kier alpha value is -1.34. The molecule has 2 aliphatic heterocycles. The lowest BCUT2D eigenvalue weighted by Gasteiger charge is -2.34. The summed E-state index contributed by atoms with van der Waals surface area (Å²) >= 11 is 0. The highest BCUT2D eigenvalue weighted by molar-refractivity contribution is 5.78. The number of carboxylic acid groups (broad SMARTS) is 1. The van der Waals surface area contributed by atoms with E-state index in [1.165, 1.54) is 0 Å². The number of piperazine rings is 1. The van der Waals surface area contributed by atoms with Crippen LogP contribution in [0.25, 0.3) is 0 Å². The van der Waals surface area contributed by atoms with Gasteiger partial charge < -0.3 is 25.4 Å². The Bertz CT molecular complexity index is 336. The molecule has 0 spiro atoms. The van der Waals surface area contributed by atoms with Crippen molar-refractivity contribution in [2.75, 3.05) is 45.9 Å². The summed E-state index contributed by atoms with van der Waals surface area (Å²) in [5.41, 5.74) is -0.873. The van der Waals surface area contributed by atoms with E-state index in [9.17, 15) is 14.7 Å². The molecule has 0 aromatic rings. The molecule has 0 atom stereocenters. The van der Waals surface area contributed by atoms with Crippen LogP contribution in [0.4, 0.5) is 4.79 Å². The largest absolute Gasteiger partial charge is 0.481 e. The van der Waals surface area contributed by atoms with Gasteiger partial charge >= 0.3 is 12.0 Å². The van der Waals surface area contributed by atoms with Gasteiger partial charge in [-0.2, -0.15) is 0 Å². The summed E-state index contributed by atoms with van der Waals surface area (Å²) in [5, 5.41) is 15.3. The second-order valence-electron chi connectivity index (χ2n) is 5.09. The number of amides is 2. The van der Waals surface area contributed by atoms with Crippen molar-refractivity contribution in [1.29, 1.82) is 0 Å². The van der Waals surface area contributed by atoms with E-state index in [1.807, 2.05) is 0 Å². The van der Waals surface area contributed by atoms with Crippen LogP contribution < -0.4 is 10.6 Å². The lowest BCUT2D eigenvalue weighted by Crippen LogP contribution is -2.53. The van der Waals surface area contributed by atoms with Crippen LogP contribution in [0, 0.1) is 5.41 Å². The van der Waals surface area contributed by atoms with Crippen molar-refractivity contribution in [1.82, 2.24) is 15.5 Å². The summed E-state index contributed by atoms with van der Waals surface area (Å²) in [6.45, 7) is 3.95. The predicted octanol–water partition coefficient (Wildman–Crippen LogP) is -0.517. The normalized spacial score (nSPS) is 22.8. The first-order valence-corrected chi connectivity index (χ1v) is 6.69. The average molecular weight is 271 g/mol. The Morgan fingerprint density at radius 2 is 1.89 bits per heavy atom. The minimum Gasteiger partial charge on any atom is -0.481 e. The van der Waals surface area contributed by atoms with Gasteiger partial charge in [0.05, 0.1) is 5.41 Å². The molecule has 3 N–H and O–H groups in total. The third-order valence-corrected chi connectivity index (χ3v) is 3.89. The summed E-state index contributed by atoms with van der Waals surface area (Å²) in [7, 11) is 0. The number of carbonyl (C=O) groups excluding carboxylic acids is 1. The van der Waals surface area contributed by atoms with Gasteiger partial charge in [0.15, 0.2) is 0 Å². The van der Waals surface area contributed by atoms with Crippen molar-refractivity contribution in [2.45, 2.75) is 12.8 Å². The number of urea groups is 1. The Labute approximate surface area is 112 Å². The smallest absolute Gasteiger partial charge is 0.317 e. The van der Waals surface area contributed by atoms with E-state index < -0.39 is 11.4 Å². The molecule has 2 saturated heterocycles. The lowest BCUT2D eigenvalue weighted by molar-refractivity contribution is -0.154. The van der Waals surface area contributed by atoms with Crippen LogP contribution in [0.5, 0.6) is 0 Å². The molecule has 2 aliphatic rings. The first-order valence-electron chi connectivity index (χ1n) is 6.69. The molecule has 0 aliphatic carbocycles. The molecule has 2 amide bonds. The first-order chi connectivity index (χ1) is 9.14. The Kier molecular flexibility index (Phi) is 4.60. The summed E-state index contributed by atoms with van der Waals surface area (Å²) < 4.78 is 5.20. The number of rotatable bonds is 3. The summed E-state index contributed by atoms with van der Waals surface area (Å²) in [6.07, 6.45) is 0.897. The molecular formula is C12H21N3O4. The van der Waals surface area contributed by atoms with Crippen molar-refractivity contribution in [3.05, 3.63) is 0 Å². The van der Waals surface area contributed by atoms with E-state index in [4.69, 9.17) is 4.74 Å². The van der Waals surface area contributed by atoms with E-state index in [0.29, 0.717) is 39.1 Å². The predicted molar refractivity (Wildman–Crippen MR) is 68.0 cm³/mol. The SMILES string of the molecule is O=C(NCC1(C(=O)O)CCOCC1)N1CCNCC1. The second-order valence-corrected chi connectivity index (χ2v) is 5.09. The zero-order valence-corrected chi connectivity index (χ0v) is 11.0. The molecular weight excluding hydrogens is 250 g/mol. The molecule has 2 fully saturated rings. The van der Waals surface area contributed by atoms with Crippen LogP contribution in [-0.4, -0.2) is 67.9 Å². The molecule has 2 rings (SSSR count). The maximum atomic E-state index is 12.0. The van der Waals surface area contributed by atoms with E-state index in [2.05, 4.69) is 10.6 Å². The lowest BCUT2D eigenvalue weighted by atomic mass is 9.80. The maximum Gasteiger partial charge on any atom is 0.317 e. The van der Waals surface area contributed by atoms with Gasteiger partial charge in [0, 0.05) is 45.9 Å². The number of carbonyl (C=O) groups is 2. The van der Waals surface area contributed by atoms with Crippen LogP contribution >= 0.6 is 0 Å². The van der Waals surface area contributed by atoms with Crippen molar-refractivity contribution < 1.29 is 19.4 Å². The molecule has 0 aromatic carbocycles. The quantitative estimate of drug-likeness (QED) is 0.642. The average Bonchev–Trinajstić information content (AvgIpc) is 2.46. The molecule has 7 heteroatoms. The number of nitrogens with one attached hydrogen (secondary N) is 2. The minimum atomic E-state index is -0.873. The molecule has 7 nitrogen and oxygen atoms in total. The topological polar surface area (TPSA) is 90.9 Å². The maximum absolute atomic E-state index is 12.0. The molecule has 2 heterocycles. The number of ether oxygens (including phenoxy) is 1. The van der Waals surface area contributed by atoms with Gasteiger partial charge in [0.25, 0.3) is 0 Å². The Morgan fingerprint density at radius 1 is 1.26 bits per heavy atom. The Balaban J connectivity index is 1.87. The number of carboxylic acids is 1. The monoisotopic (exact) mass is 271 g/mol. The van der Waals surface area contributed by atoms with Gasteiger partial charge in [-0.1, -0.05) is 0 Å². The molecule has 0 radical (unpaired) electrons. The van der Waals surface area contributed by atoms with E-state index in [1.54, 1.807) is 4.90 Å². The van der Waals surface area contributed by atoms with Gasteiger partial charge in [0.1, 0.15) is 0 Å². The van der Waals surface area contributed by atoms with Crippen LogP contribution in [0.3, 0.4) is 0 Å². The van der Waals surface area contributed by atoms with Gasteiger partial charge in [-0.3, -0.25) is 4.79 Å². The highest BCUT2D eigenvalue weighted by Gasteiger charge is 2.40. The molecule has 19 heavy (non-hydrogen) atoms. The first kappa shape index (κ1) is 14.1. The number of hydrogen-bond acceptors (Lipinski definition) is 4. The van der Waals surface area contributed by atoms with Gasteiger partial charge in [-0.25, -0.2) is 4.79 Å². The molecule has 108 valence electrons. The fraction of sp³-hybridized carbons (Fsp3) is 0.833. The third kappa shape index (κ3) is 3.36.